The minimum absolute atomic E-state index is 0.330. The van der Waals surface area contributed by atoms with Gasteiger partial charge in [0.05, 0.1) is 19.2 Å². The van der Waals surface area contributed by atoms with Crippen molar-refractivity contribution >= 4 is 24.0 Å². The molecule has 0 spiro atoms. The van der Waals surface area contributed by atoms with Crippen LogP contribution in [-0.4, -0.2) is 50.3 Å². The van der Waals surface area contributed by atoms with Crippen LogP contribution in [0.3, 0.4) is 0 Å². The lowest BCUT2D eigenvalue weighted by atomic mass is 10.1. The van der Waals surface area contributed by atoms with Gasteiger partial charge in [-0.1, -0.05) is 60.7 Å². The fourth-order valence-electron chi connectivity index (χ4n) is 2.96. The maximum absolute atomic E-state index is 12.5. The lowest BCUT2D eigenvalue weighted by Gasteiger charge is -2.21. The van der Waals surface area contributed by atoms with E-state index in [0.717, 1.165) is 11.1 Å². The summed E-state index contributed by atoms with van der Waals surface area (Å²) in [7, 11) is 1.18. The molecule has 0 radical (unpaired) electrons. The van der Waals surface area contributed by atoms with E-state index in [2.05, 4.69) is 26.0 Å². The molecule has 0 aliphatic rings. The van der Waals surface area contributed by atoms with Crippen LogP contribution in [0.2, 0.25) is 0 Å². The number of urea groups is 1. The van der Waals surface area contributed by atoms with Crippen molar-refractivity contribution in [3.8, 4) is 0 Å². The Labute approximate surface area is 198 Å². The first-order chi connectivity index (χ1) is 16.3. The number of amides is 4. The van der Waals surface area contributed by atoms with Crippen LogP contribution in [0.25, 0.3) is 0 Å². The van der Waals surface area contributed by atoms with E-state index < -0.39 is 43.2 Å². The molecule has 0 aliphatic heterocycles. The SMILES string of the molecule is COC(=O)CNC(=O)[C@H](COC(=O)N[C@H](C)c1ccccc1)NC(=O)N[C@H](C)c1ccccc1. The predicted octanol–water partition coefficient (Wildman–Crippen LogP) is 2.19. The summed E-state index contributed by atoms with van der Waals surface area (Å²) in [5.74, 6) is -1.37. The topological polar surface area (TPSA) is 135 Å². The third kappa shape index (κ3) is 8.81. The molecule has 0 unspecified atom stereocenters. The highest BCUT2D eigenvalue weighted by molar-refractivity contribution is 5.89. The highest BCUT2D eigenvalue weighted by Crippen LogP contribution is 2.12. The monoisotopic (exact) mass is 470 g/mol. The Bertz CT molecular complexity index is 954. The smallest absolute Gasteiger partial charge is 0.407 e. The first-order valence-corrected chi connectivity index (χ1v) is 10.7. The number of hydrogen-bond donors (Lipinski definition) is 4. The van der Waals surface area contributed by atoms with Crippen LogP contribution in [0.4, 0.5) is 9.59 Å². The maximum Gasteiger partial charge on any atom is 0.407 e. The molecular weight excluding hydrogens is 440 g/mol. The molecule has 182 valence electrons. The minimum atomic E-state index is -1.24. The molecule has 2 rings (SSSR count). The Morgan fingerprint density at radius 3 is 1.85 bits per heavy atom. The van der Waals surface area contributed by atoms with Crippen LogP contribution in [0.5, 0.6) is 0 Å². The second-order valence-corrected chi connectivity index (χ2v) is 7.47. The molecule has 0 aromatic heterocycles. The Balaban J connectivity index is 1.96. The summed E-state index contributed by atoms with van der Waals surface area (Å²) in [6.45, 7) is 2.73. The number of nitrogens with one attached hydrogen (secondary N) is 4. The molecule has 4 N–H and O–H groups in total. The Morgan fingerprint density at radius 2 is 1.32 bits per heavy atom. The molecular formula is C24H30N4O6. The van der Waals surface area contributed by atoms with Crippen molar-refractivity contribution in [1.29, 1.82) is 0 Å². The molecule has 10 heteroatoms. The number of methoxy groups -OCH3 is 1. The zero-order valence-corrected chi connectivity index (χ0v) is 19.4. The van der Waals surface area contributed by atoms with E-state index >= 15 is 0 Å². The van der Waals surface area contributed by atoms with Crippen molar-refractivity contribution in [3.05, 3.63) is 71.8 Å². The molecule has 0 saturated carbocycles. The normalized spacial score (nSPS) is 12.9. The van der Waals surface area contributed by atoms with Crippen molar-refractivity contribution < 1.29 is 28.7 Å². The minimum Gasteiger partial charge on any atom is -0.468 e. The highest BCUT2D eigenvalue weighted by Gasteiger charge is 2.24. The van der Waals surface area contributed by atoms with Crippen LogP contribution in [-0.2, 0) is 19.1 Å². The average Bonchev–Trinajstić information content (AvgIpc) is 2.85. The Morgan fingerprint density at radius 1 is 0.794 bits per heavy atom. The molecule has 34 heavy (non-hydrogen) atoms. The fourth-order valence-corrected chi connectivity index (χ4v) is 2.96. The van der Waals surface area contributed by atoms with Gasteiger partial charge >= 0.3 is 18.1 Å². The number of ether oxygens (including phenoxy) is 2. The number of carbonyl (C=O) groups is 4. The number of carbonyl (C=O) groups excluding carboxylic acids is 4. The van der Waals surface area contributed by atoms with E-state index in [0.29, 0.717) is 0 Å². The molecule has 2 aromatic rings. The van der Waals surface area contributed by atoms with Crippen molar-refractivity contribution in [2.45, 2.75) is 32.0 Å². The first kappa shape index (κ1) is 26.2. The van der Waals surface area contributed by atoms with E-state index in [9.17, 15) is 19.2 Å². The summed E-state index contributed by atoms with van der Waals surface area (Å²) in [6.07, 6.45) is -0.762. The zero-order valence-electron chi connectivity index (χ0n) is 19.4. The number of esters is 1. The number of rotatable bonds is 10. The van der Waals surface area contributed by atoms with Gasteiger partial charge in [-0.05, 0) is 25.0 Å². The van der Waals surface area contributed by atoms with Gasteiger partial charge in [0.2, 0.25) is 5.91 Å². The Hall–Kier alpha value is -4.08. The number of alkyl carbamates (subject to hydrolysis) is 1. The fraction of sp³-hybridized carbons (Fsp3) is 0.333. The van der Waals surface area contributed by atoms with Gasteiger partial charge in [-0.15, -0.1) is 0 Å². The van der Waals surface area contributed by atoms with Crippen LogP contribution < -0.4 is 21.3 Å². The third-order valence-electron chi connectivity index (χ3n) is 4.92. The molecule has 0 bridgehead atoms. The van der Waals surface area contributed by atoms with Gasteiger partial charge < -0.3 is 30.7 Å². The van der Waals surface area contributed by atoms with Gasteiger partial charge in [0.25, 0.3) is 0 Å². The average molecular weight is 471 g/mol. The molecule has 0 aliphatic carbocycles. The van der Waals surface area contributed by atoms with Crippen LogP contribution in [0, 0.1) is 0 Å². The van der Waals surface area contributed by atoms with Crippen molar-refractivity contribution in [2.75, 3.05) is 20.3 Å². The maximum atomic E-state index is 12.5. The molecule has 3 atom stereocenters. The lowest BCUT2D eigenvalue weighted by Crippen LogP contribution is -2.53. The van der Waals surface area contributed by atoms with Crippen LogP contribution in [0.15, 0.2) is 60.7 Å². The van der Waals surface area contributed by atoms with Crippen LogP contribution >= 0.6 is 0 Å². The predicted molar refractivity (Wildman–Crippen MR) is 125 cm³/mol. The second-order valence-electron chi connectivity index (χ2n) is 7.47. The standard InChI is InChI=1S/C24H30N4O6/c1-16(18-10-6-4-7-11-18)26-23(31)28-20(22(30)25-14-21(29)33-3)15-34-24(32)27-17(2)19-12-8-5-9-13-19/h4-13,16-17,20H,14-15H2,1-3H3,(H,25,30)(H,27,32)(H2,26,28,31)/t16-,17-,20+/m1/s1. The van der Waals surface area contributed by atoms with Gasteiger partial charge in [0.1, 0.15) is 19.2 Å². The number of hydrogen-bond acceptors (Lipinski definition) is 6. The molecule has 0 heterocycles. The molecule has 0 fully saturated rings. The number of benzene rings is 2. The van der Waals surface area contributed by atoms with E-state index in [1.807, 2.05) is 60.7 Å². The summed E-state index contributed by atoms with van der Waals surface area (Å²) in [5.41, 5.74) is 1.74. The lowest BCUT2D eigenvalue weighted by molar-refractivity contribution is -0.141. The van der Waals surface area contributed by atoms with Crippen molar-refractivity contribution in [1.82, 2.24) is 21.3 Å². The summed E-state index contributed by atoms with van der Waals surface area (Å²) in [6, 6.07) is 16.0. The first-order valence-electron chi connectivity index (χ1n) is 10.7. The van der Waals surface area contributed by atoms with Gasteiger partial charge in [-0.25, -0.2) is 9.59 Å². The van der Waals surface area contributed by atoms with Crippen molar-refractivity contribution in [2.24, 2.45) is 0 Å². The molecule has 0 saturated heterocycles. The van der Waals surface area contributed by atoms with E-state index in [1.54, 1.807) is 13.8 Å². The van der Waals surface area contributed by atoms with E-state index in [-0.39, 0.29) is 12.1 Å². The zero-order chi connectivity index (χ0) is 24.9. The van der Waals surface area contributed by atoms with E-state index in [1.165, 1.54) is 7.11 Å². The summed E-state index contributed by atoms with van der Waals surface area (Å²) in [4.78, 5) is 48.6. The summed E-state index contributed by atoms with van der Waals surface area (Å²) >= 11 is 0. The highest BCUT2D eigenvalue weighted by atomic mass is 16.5. The van der Waals surface area contributed by atoms with Gasteiger partial charge in [0, 0.05) is 0 Å². The van der Waals surface area contributed by atoms with E-state index in [4.69, 9.17) is 4.74 Å². The largest absolute Gasteiger partial charge is 0.468 e. The van der Waals surface area contributed by atoms with Gasteiger partial charge in [0.15, 0.2) is 0 Å². The Kier molecular flexibility index (Phi) is 10.4. The molecule has 10 nitrogen and oxygen atoms in total. The van der Waals surface area contributed by atoms with Gasteiger partial charge in [-0.2, -0.15) is 0 Å². The van der Waals surface area contributed by atoms with Crippen molar-refractivity contribution in [3.63, 3.8) is 0 Å². The third-order valence-corrected chi connectivity index (χ3v) is 4.92. The second kappa shape index (κ2) is 13.5. The van der Waals surface area contributed by atoms with Crippen LogP contribution in [0.1, 0.15) is 37.1 Å². The summed E-state index contributed by atoms with van der Waals surface area (Å²) in [5, 5.41) is 10.2. The summed E-state index contributed by atoms with van der Waals surface area (Å²) < 4.78 is 9.67. The molecule has 4 amide bonds. The molecule has 2 aromatic carbocycles. The van der Waals surface area contributed by atoms with Gasteiger partial charge in [-0.3, -0.25) is 9.59 Å². The quantitative estimate of drug-likeness (QED) is 0.393.